The summed E-state index contributed by atoms with van der Waals surface area (Å²) in [6, 6.07) is 7.51. The lowest BCUT2D eigenvalue weighted by Crippen LogP contribution is -2.11. The van der Waals surface area contributed by atoms with E-state index >= 15 is 0 Å². The number of nitrogens with one attached hydrogen (secondary N) is 1. The van der Waals surface area contributed by atoms with E-state index in [9.17, 15) is 4.79 Å². The van der Waals surface area contributed by atoms with Crippen molar-refractivity contribution in [3.05, 3.63) is 52.9 Å². The highest BCUT2D eigenvalue weighted by molar-refractivity contribution is 6.30. The molecule has 0 spiro atoms. The van der Waals surface area contributed by atoms with Crippen LogP contribution in [0.25, 0.3) is 0 Å². The third-order valence-corrected chi connectivity index (χ3v) is 2.98. The minimum absolute atomic E-state index is 0.0177. The number of esters is 1. The van der Waals surface area contributed by atoms with Crippen LogP contribution in [0.15, 0.2) is 36.7 Å². The number of halogens is 1. The molecule has 1 unspecified atom stereocenters. The van der Waals surface area contributed by atoms with Gasteiger partial charge in [-0.2, -0.15) is 0 Å². The lowest BCUT2D eigenvalue weighted by atomic mass is 10.1. The number of hydrogen-bond acceptors (Lipinski definition) is 5. The molecule has 0 saturated heterocycles. The number of carbonyl (C=O) groups excluding carboxylic acids is 1. The predicted molar refractivity (Wildman–Crippen MR) is 76.9 cm³/mol. The zero-order chi connectivity index (χ0) is 14.5. The molecule has 1 aromatic heterocycles. The second-order valence-corrected chi connectivity index (χ2v) is 4.64. The molecule has 0 saturated carbocycles. The van der Waals surface area contributed by atoms with E-state index in [-0.39, 0.29) is 11.7 Å². The van der Waals surface area contributed by atoms with E-state index in [4.69, 9.17) is 11.6 Å². The Balaban J connectivity index is 2.15. The largest absolute Gasteiger partial charge is 0.464 e. The van der Waals surface area contributed by atoms with Crippen molar-refractivity contribution in [2.24, 2.45) is 0 Å². The second-order valence-electron chi connectivity index (χ2n) is 4.20. The molecule has 1 atom stereocenters. The molecule has 1 N–H and O–H groups in total. The molecule has 0 aliphatic carbocycles. The van der Waals surface area contributed by atoms with Crippen LogP contribution in [-0.2, 0) is 4.74 Å². The van der Waals surface area contributed by atoms with Crippen molar-refractivity contribution in [3.8, 4) is 0 Å². The van der Waals surface area contributed by atoms with Gasteiger partial charge in [-0.25, -0.2) is 9.78 Å². The van der Waals surface area contributed by atoms with Gasteiger partial charge in [0.05, 0.1) is 25.5 Å². The fraction of sp³-hybridized carbons (Fsp3) is 0.214. The Morgan fingerprint density at radius 2 is 2.20 bits per heavy atom. The molecule has 0 aliphatic heterocycles. The summed E-state index contributed by atoms with van der Waals surface area (Å²) < 4.78 is 4.61. The van der Waals surface area contributed by atoms with Gasteiger partial charge in [0.1, 0.15) is 5.82 Å². The zero-order valence-electron chi connectivity index (χ0n) is 11.1. The Morgan fingerprint density at radius 3 is 2.90 bits per heavy atom. The van der Waals surface area contributed by atoms with E-state index in [1.807, 2.05) is 31.2 Å². The van der Waals surface area contributed by atoms with Crippen LogP contribution in [0.3, 0.4) is 0 Å². The van der Waals surface area contributed by atoms with Crippen molar-refractivity contribution in [2.45, 2.75) is 13.0 Å². The summed E-state index contributed by atoms with van der Waals surface area (Å²) in [6.07, 6.45) is 2.91. The molecule has 0 fully saturated rings. The molecular formula is C14H14ClN3O2. The number of rotatable bonds is 4. The number of hydrogen-bond donors (Lipinski definition) is 1. The van der Waals surface area contributed by atoms with Crippen LogP contribution in [0.5, 0.6) is 0 Å². The van der Waals surface area contributed by atoms with Gasteiger partial charge in [-0.15, -0.1) is 0 Å². The fourth-order valence-electron chi connectivity index (χ4n) is 1.72. The Labute approximate surface area is 122 Å². The first kappa shape index (κ1) is 14.3. The van der Waals surface area contributed by atoms with Gasteiger partial charge >= 0.3 is 5.97 Å². The third-order valence-electron chi connectivity index (χ3n) is 2.74. The predicted octanol–water partition coefficient (Wildman–Crippen LogP) is 3.09. The number of benzene rings is 1. The van der Waals surface area contributed by atoms with Crippen LogP contribution in [0.2, 0.25) is 5.02 Å². The fourth-order valence-corrected chi connectivity index (χ4v) is 1.92. The van der Waals surface area contributed by atoms with E-state index in [2.05, 4.69) is 20.0 Å². The van der Waals surface area contributed by atoms with Gasteiger partial charge in [0.25, 0.3) is 0 Å². The third kappa shape index (κ3) is 3.45. The summed E-state index contributed by atoms with van der Waals surface area (Å²) in [5.74, 6) is -0.0167. The molecule has 2 aromatic rings. The van der Waals surface area contributed by atoms with E-state index in [1.54, 1.807) is 6.20 Å². The first-order chi connectivity index (χ1) is 9.60. The number of ether oxygens (including phenoxy) is 1. The average molecular weight is 292 g/mol. The van der Waals surface area contributed by atoms with Crippen molar-refractivity contribution in [1.82, 2.24) is 9.97 Å². The number of methoxy groups -OCH3 is 1. The highest BCUT2D eigenvalue weighted by Gasteiger charge is 2.11. The monoisotopic (exact) mass is 291 g/mol. The summed E-state index contributed by atoms with van der Waals surface area (Å²) in [7, 11) is 1.30. The molecule has 104 valence electrons. The Kier molecular flexibility index (Phi) is 4.53. The molecule has 1 heterocycles. The molecule has 0 bridgehead atoms. The second kappa shape index (κ2) is 6.34. The van der Waals surface area contributed by atoms with Crippen LogP contribution in [-0.4, -0.2) is 23.0 Å². The molecule has 5 nitrogen and oxygen atoms in total. The highest BCUT2D eigenvalue weighted by Crippen LogP contribution is 2.20. The molecule has 1 aromatic carbocycles. The van der Waals surface area contributed by atoms with Crippen LogP contribution in [0, 0.1) is 0 Å². The van der Waals surface area contributed by atoms with Crippen molar-refractivity contribution in [1.29, 1.82) is 0 Å². The van der Waals surface area contributed by atoms with Gasteiger partial charge in [0.15, 0.2) is 5.69 Å². The summed E-state index contributed by atoms with van der Waals surface area (Å²) in [6.45, 7) is 1.97. The van der Waals surface area contributed by atoms with E-state index < -0.39 is 5.97 Å². The topological polar surface area (TPSA) is 64.1 Å². The van der Waals surface area contributed by atoms with Crippen LogP contribution >= 0.6 is 11.6 Å². The average Bonchev–Trinajstić information content (AvgIpc) is 2.46. The smallest absolute Gasteiger partial charge is 0.358 e. The molecule has 20 heavy (non-hydrogen) atoms. The van der Waals surface area contributed by atoms with Gasteiger partial charge in [0.2, 0.25) is 0 Å². The minimum Gasteiger partial charge on any atom is -0.464 e. The first-order valence-corrected chi connectivity index (χ1v) is 6.40. The maximum Gasteiger partial charge on any atom is 0.358 e. The first-order valence-electron chi connectivity index (χ1n) is 6.02. The normalized spacial score (nSPS) is 11.8. The molecule has 0 aliphatic rings. The van der Waals surface area contributed by atoms with Gasteiger partial charge in [-0.05, 0) is 24.6 Å². The van der Waals surface area contributed by atoms with Crippen molar-refractivity contribution in [2.75, 3.05) is 12.4 Å². The van der Waals surface area contributed by atoms with Crippen LogP contribution in [0.1, 0.15) is 29.0 Å². The summed E-state index contributed by atoms with van der Waals surface area (Å²) >= 11 is 5.96. The van der Waals surface area contributed by atoms with E-state index in [1.165, 1.54) is 13.3 Å². The standard InChI is InChI=1S/C14H14ClN3O2/c1-9(10-4-3-5-11(15)6-10)17-13-8-16-7-12(18-13)14(19)20-2/h3-9H,1-2H3,(H,17,18). The number of carbonyl (C=O) groups is 1. The molecule has 6 heteroatoms. The van der Waals surface area contributed by atoms with E-state index in [0.29, 0.717) is 10.8 Å². The van der Waals surface area contributed by atoms with Gasteiger partial charge in [-0.1, -0.05) is 23.7 Å². The summed E-state index contributed by atoms with van der Waals surface area (Å²) in [4.78, 5) is 19.5. The lowest BCUT2D eigenvalue weighted by molar-refractivity contribution is 0.0593. The summed E-state index contributed by atoms with van der Waals surface area (Å²) in [5, 5.41) is 3.84. The lowest BCUT2D eigenvalue weighted by Gasteiger charge is -2.15. The number of anilines is 1. The SMILES string of the molecule is COC(=O)c1cncc(NC(C)c2cccc(Cl)c2)n1. The van der Waals surface area contributed by atoms with E-state index in [0.717, 1.165) is 5.56 Å². The Morgan fingerprint density at radius 1 is 1.40 bits per heavy atom. The number of nitrogens with zero attached hydrogens (tertiary/aromatic N) is 2. The van der Waals surface area contributed by atoms with Crippen molar-refractivity contribution in [3.63, 3.8) is 0 Å². The van der Waals surface area contributed by atoms with Gasteiger partial charge < -0.3 is 10.1 Å². The highest BCUT2D eigenvalue weighted by atomic mass is 35.5. The van der Waals surface area contributed by atoms with Crippen LogP contribution < -0.4 is 5.32 Å². The quantitative estimate of drug-likeness (QED) is 0.877. The number of aromatic nitrogens is 2. The Hall–Kier alpha value is -2.14. The van der Waals surface area contributed by atoms with Gasteiger partial charge in [0, 0.05) is 5.02 Å². The molecule has 2 rings (SSSR count). The van der Waals surface area contributed by atoms with Crippen molar-refractivity contribution < 1.29 is 9.53 Å². The molecular weight excluding hydrogens is 278 g/mol. The van der Waals surface area contributed by atoms with Crippen LogP contribution in [0.4, 0.5) is 5.82 Å². The Bertz CT molecular complexity index is 619. The molecule has 0 radical (unpaired) electrons. The zero-order valence-corrected chi connectivity index (χ0v) is 11.9. The maximum absolute atomic E-state index is 11.4. The molecule has 0 amide bonds. The van der Waals surface area contributed by atoms with Gasteiger partial charge in [-0.3, -0.25) is 4.98 Å². The summed E-state index contributed by atoms with van der Waals surface area (Å²) in [5.41, 5.74) is 1.18. The van der Waals surface area contributed by atoms with Crippen molar-refractivity contribution >= 4 is 23.4 Å². The maximum atomic E-state index is 11.4. The minimum atomic E-state index is -0.517.